The summed E-state index contributed by atoms with van der Waals surface area (Å²) >= 11 is 5.14. The largest absolute Gasteiger partial charge is 0.306 e. The van der Waals surface area contributed by atoms with Crippen molar-refractivity contribution in [1.29, 1.82) is 0 Å². The quantitative estimate of drug-likeness (QED) is 0.634. The predicted molar refractivity (Wildman–Crippen MR) is 68.0 cm³/mol. The first-order valence-electron chi connectivity index (χ1n) is 4.57. The molecule has 0 saturated carbocycles. The average Bonchev–Trinajstić information content (AvgIpc) is 2.78. The lowest BCUT2D eigenvalue weighted by atomic mass is 10.3. The number of thioether (sulfide) groups is 1. The van der Waals surface area contributed by atoms with E-state index < -0.39 is 0 Å². The Kier molecular flexibility index (Phi) is 3.49. The Morgan fingerprint density at radius 1 is 1.33 bits per heavy atom. The predicted octanol–water partition coefficient (Wildman–Crippen LogP) is 3.49. The molecule has 0 saturated heterocycles. The molecule has 0 N–H and O–H groups in total. The monoisotopic (exact) mass is 282 g/mol. The fourth-order valence-corrected chi connectivity index (χ4v) is 2.03. The Hall–Kier alpha value is -0.740. The molecule has 0 radical (unpaired) electrons. The molecule has 2 rings (SSSR count). The Bertz CT molecular complexity index is 436. The second-order valence-corrected chi connectivity index (χ2v) is 4.54. The van der Waals surface area contributed by atoms with Crippen LogP contribution in [0.25, 0.3) is 5.69 Å². The lowest BCUT2D eigenvalue weighted by molar-refractivity contribution is 1.05. The molecule has 0 atom stereocenters. The highest BCUT2D eigenvalue weighted by molar-refractivity contribution is 9.08. The van der Waals surface area contributed by atoms with Crippen LogP contribution in [0.4, 0.5) is 0 Å². The Labute approximate surface area is 102 Å². The van der Waals surface area contributed by atoms with Crippen LogP contribution in [0.1, 0.15) is 5.69 Å². The van der Waals surface area contributed by atoms with Crippen molar-refractivity contribution < 1.29 is 0 Å². The van der Waals surface area contributed by atoms with Gasteiger partial charge in [-0.1, -0.05) is 15.9 Å². The van der Waals surface area contributed by atoms with Crippen molar-refractivity contribution in [3.05, 3.63) is 42.5 Å². The van der Waals surface area contributed by atoms with Crippen LogP contribution in [0.5, 0.6) is 0 Å². The summed E-state index contributed by atoms with van der Waals surface area (Å²) in [6.07, 6.45) is 5.95. The van der Waals surface area contributed by atoms with Crippen LogP contribution in [0.15, 0.2) is 41.7 Å². The number of rotatable bonds is 3. The molecule has 1 heterocycles. The fourth-order valence-electron chi connectivity index (χ4n) is 1.33. The minimum Gasteiger partial charge on any atom is -0.306 e. The van der Waals surface area contributed by atoms with Gasteiger partial charge in [0.2, 0.25) is 0 Å². The van der Waals surface area contributed by atoms with Crippen molar-refractivity contribution in [3.63, 3.8) is 0 Å². The van der Waals surface area contributed by atoms with E-state index in [-0.39, 0.29) is 0 Å². The van der Waals surface area contributed by atoms with Crippen molar-refractivity contribution in [1.82, 2.24) is 9.55 Å². The van der Waals surface area contributed by atoms with E-state index in [9.17, 15) is 0 Å². The average molecular weight is 283 g/mol. The number of hydrogen-bond acceptors (Lipinski definition) is 2. The summed E-state index contributed by atoms with van der Waals surface area (Å²) in [5.41, 5.74) is 2.19. The van der Waals surface area contributed by atoms with Crippen LogP contribution < -0.4 is 0 Å². The van der Waals surface area contributed by atoms with Crippen LogP contribution in [0, 0.1) is 0 Å². The van der Waals surface area contributed by atoms with Crippen LogP contribution in [0.3, 0.4) is 0 Å². The van der Waals surface area contributed by atoms with E-state index in [1.165, 1.54) is 4.90 Å². The molecule has 0 aliphatic carbocycles. The van der Waals surface area contributed by atoms with Crippen LogP contribution in [-0.2, 0) is 5.33 Å². The van der Waals surface area contributed by atoms with Crippen molar-refractivity contribution in [2.24, 2.45) is 0 Å². The minimum atomic E-state index is 0.795. The molecule has 0 amide bonds. The van der Waals surface area contributed by atoms with E-state index in [1.807, 2.05) is 17.1 Å². The molecule has 0 aliphatic heterocycles. The van der Waals surface area contributed by atoms with Gasteiger partial charge in [0, 0.05) is 22.1 Å². The number of aromatic nitrogens is 2. The molecule has 0 bridgehead atoms. The number of hydrogen-bond donors (Lipinski definition) is 0. The molecule has 0 spiro atoms. The lowest BCUT2D eigenvalue weighted by Gasteiger charge is -2.02. The summed E-state index contributed by atoms with van der Waals surface area (Å²) in [6.45, 7) is 0. The van der Waals surface area contributed by atoms with Crippen molar-refractivity contribution in [3.8, 4) is 5.69 Å². The van der Waals surface area contributed by atoms with Gasteiger partial charge < -0.3 is 4.57 Å². The van der Waals surface area contributed by atoms with Crippen molar-refractivity contribution in [2.75, 3.05) is 6.26 Å². The zero-order valence-corrected chi connectivity index (χ0v) is 10.8. The van der Waals surface area contributed by atoms with Gasteiger partial charge in [0.15, 0.2) is 0 Å². The second-order valence-electron chi connectivity index (χ2n) is 3.10. The van der Waals surface area contributed by atoms with Gasteiger partial charge in [-0.25, -0.2) is 4.98 Å². The number of nitrogens with zero attached hydrogens (tertiary/aromatic N) is 2. The molecule has 1 aromatic carbocycles. The molecule has 0 unspecified atom stereocenters. The molecule has 0 aliphatic rings. The van der Waals surface area contributed by atoms with E-state index in [0.717, 1.165) is 16.7 Å². The van der Waals surface area contributed by atoms with Crippen LogP contribution in [-0.4, -0.2) is 15.8 Å². The maximum absolute atomic E-state index is 4.26. The van der Waals surface area contributed by atoms with Gasteiger partial charge in [0.25, 0.3) is 0 Å². The molecule has 2 nitrogen and oxygen atoms in total. The van der Waals surface area contributed by atoms with Crippen LogP contribution in [0.2, 0.25) is 0 Å². The summed E-state index contributed by atoms with van der Waals surface area (Å²) < 4.78 is 2.03. The van der Waals surface area contributed by atoms with Crippen LogP contribution >= 0.6 is 27.7 Å². The van der Waals surface area contributed by atoms with E-state index in [0.29, 0.717) is 0 Å². The topological polar surface area (TPSA) is 17.8 Å². The Balaban J connectivity index is 2.28. The molecule has 15 heavy (non-hydrogen) atoms. The SMILES string of the molecule is CSc1ccc(-n2cnc(CBr)c2)cc1. The van der Waals surface area contributed by atoms with Gasteiger partial charge in [-0.05, 0) is 30.5 Å². The van der Waals surface area contributed by atoms with E-state index >= 15 is 0 Å². The number of halogens is 1. The Morgan fingerprint density at radius 2 is 2.07 bits per heavy atom. The standard InChI is InChI=1S/C11H11BrN2S/c1-15-11-4-2-10(3-5-11)14-7-9(6-12)13-8-14/h2-5,7-8H,6H2,1H3. The minimum absolute atomic E-state index is 0.795. The Morgan fingerprint density at radius 3 is 2.60 bits per heavy atom. The smallest absolute Gasteiger partial charge is 0.0995 e. The highest BCUT2D eigenvalue weighted by Crippen LogP contribution is 2.17. The van der Waals surface area contributed by atoms with Crippen molar-refractivity contribution >= 4 is 27.7 Å². The third kappa shape index (κ3) is 2.44. The number of imidazole rings is 1. The van der Waals surface area contributed by atoms with Gasteiger partial charge in [-0.2, -0.15) is 0 Å². The number of benzene rings is 1. The summed E-state index contributed by atoms with van der Waals surface area (Å²) in [4.78, 5) is 5.54. The first kappa shape index (κ1) is 10.8. The molecule has 78 valence electrons. The molecular formula is C11H11BrN2S. The number of alkyl halides is 1. The zero-order valence-electron chi connectivity index (χ0n) is 8.35. The maximum atomic E-state index is 4.26. The molecule has 1 aromatic heterocycles. The van der Waals surface area contributed by atoms with E-state index in [1.54, 1.807) is 11.8 Å². The van der Waals surface area contributed by atoms with Gasteiger partial charge in [-0.3, -0.25) is 0 Å². The summed E-state index contributed by atoms with van der Waals surface area (Å²) in [7, 11) is 0. The first-order chi connectivity index (χ1) is 7.33. The zero-order chi connectivity index (χ0) is 10.7. The summed E-state index contributed by atoms with van der Waals surface area (Å²) in [5, 5.41) is 0.795. The lowest BCUT2D eigenvalue weighted by Crippen LogP contribution is -1.88. The second kappa shape index (κ2) is 4.86. The van der Waals surface area contributed by atoms with E-state index in [2.05, 4.69) is 51.4 Å². The fraction of sp³-hybridized carbons (Fsp3) is 0.182. The first-order valence-corrected chi connectivity index (χ1v) is 6.91. The van der Waals surface area contributed by atoms with Crippen molar-refractivity contribution in [2.45, 2.75) is 10.2 Å². The summed E-state index contributed by atoms with van der Waals surface area (Å²) in [5.74, 6) is 0. The summed E-state index contributed by atoms with van der Waals surface area (Å²) in [6, 6.07) is 8.44. The molecule has 4 heteroatoms. The third-order valence-corrected chi connectivity index (χ3v) is 3.46. The normalized spacial score (nSPS) is 10.5. The van der Waals surface area contributed by atoms with Gasteiger partial charge in [-0.15, -0.1) is 11.8 Å². The van der Waals surface area contributed by atoms with Gasteiger partial charge in [0.1, 0.15) is 0 Å². The van der Waals surface area contributed by atoms with Gasteiger partial charge in [0.05, 0.1) is 12.0 Å². The van der Waals surface area contributed by atoms with Gasteiger partial charge >= 0.3 is 0 Å². The highest BCUT2D eigenvalue weighted by atomic mass is 79.9. The molecular weight excluding hydrogens is 272 g/mol. The molecule has 2 aromatic rings. The molecule has 0 fully saturated rings. The third-order valence-electron chi connectivity index (χ3n) is 2.14. The maximum Gasteiger partial charge on any atom is 0.0995 e. The highest BCUT2D eigenvalue weighted by Gasteiger charge is 1.99. The van der Waals surface area contributed by atoms with E-state index in [4.69, 9.17) is 0 Å².